The van der Waals surface area contributed by atoms with E-state index in [9.17, 15) is 49.1 Å². The second kappa shape index (κ2) is 37.1. The van der Waals surface area contributed by atoms with Crippen LogP contribution in [0.3, 0.4) is 0 Å². The van der Waals surface area contributed by atoms with E-state index in [1.165, 1.54) is 77.0 Å². The monoisotopic (exact) mass is 967 g/mol. The Labute approximate surface area is 388 Å². The summed E-state index contributed by atoms with van der Waals surface area (Å²) in [7, 11) is -10.9. The van der Waals surface area contributed by atoms with Crippen LogP contribution in [-0.4, -0.2) is 107 Å². The summed E-state index contributed by atoms with van der Waals surface area (Å²) >= 11 is 0. The summed E-state index contributed by atoms with van der Waals surface area (Å²) in [4.78, 5) is 55.5. The number of unbranched alkanes of at least 4 members (excludes halogenated alkanes) is 18. The third-order valence-corrected chi connectivity index (χ3v) is 12.7. The van der Waals surface area contributed by atoms with E-state index in [1.807, 2.05) is 18.2 Å². The van der Waals surface area contributed by atoms with Gasteiger partial charge in [0, 0.05) is 12.8 Å². The number of hydrogen-bond acceptors (Lipinski definition) is 13. The highest BCUT2D eigenvalue weighted by molar-refractivity contribution is 7.47. The molecule has 18 heteroatoms. The summed E-state index contributed by atoms with van der Waals surface area (Å²) in [6.45, 7) is 3.41. The summed E-state index contributed by atoms with van der Waals surface area (Å²) in [6, 6.07) is 0. The van der Waals surface area contributed by atoms with Crippen LogP contribution in [0, 0.1) is 0 Å². The van der Waals surface area contributed by atoms with Crippen LogP contribution < -0.4 is 0 Å². The second-order valence-electron chi connectivity index (χ2n) is 16.9. The highest BCUT2D eigenvalue weighted by Crippen LogP contribution is 2.50. The number of phosphoric ester groups is 2. The minimum Gasteiger partial charge on any atom is -0.457 e. The van der Waals surface area contributed by atoms with Crippen molar-refractivity contribution < 1.29 is 77.2 Å². The molecule has 65 heavy (non-hydrogen) atoms. The molecule has 378 valence electrons. The van der Waals surface area contributed by atoms with Gasteiger partial charge < -0.3 is 44.9 Å². The van der Waals surface area contributed by atoms with Crippen molar-refractivity contribution in [1.29, 1.82) is 0 Å². The van der Waals surface area contributed by atoms with Crippen LogP contribution in [0.2, 0.25) is 0 Å². The average Bonchev–Trinajstić information content (AvgIpc) is 3.26. The van der Waals surface area contributed by atoms with Crippen molar-refractivity contribution in [2.24, 2.45) is 0 Å². The predicted octanol–water partition coefficient (Wildman–Crippen LogP) is 8.67. The van der Waals surface area contributed by atoms with Gasteiger partial charge in [0.25, 0.3) is 0 Å². The average molecular weight is 967 g/mol. The van der Waals surface area contributed by atoms with Gasteiger partial charge in [-0.1, -0.05) is 165 Å². The zero-order valence-corrected chi connectivity index (χ0v) is 40.9. The Morgan fingerprint density at radius 3 is 1.34 bits per heavy atom. The molecule has 0 heterocycles. The van der Waals surface area contributed by atoms with Gasteiger partial charge in [0.05, 0.1) is 6.61 Å². The topological polar surface area (TPSA) is 267 Å². The van der Waals surface area contributed by atoms with E-state index in [0.29, 0.717) is 32.1 Å². The molecule has 0 bridgehead atoms. The van der Waals surface area contributed by atoms with Crippen LogP contribution in [0.4, 0.5) is 0 Å². The molecule has 1 aliphatic rings. The summed E-state index contributed by atoms with van der Waals surface area (Å²) < 4.78 is 44.5. The first-order valence-corrected chi connectivity index (χ1v) is 27.2. The molecular formula is C47H84O16P2. The van der Waals surface area contributed by atoms with Gasteiger partial charge in [0.1, 0.15) is 36.6 Å². The number of rotatable bonds is 40. The number of phosphoric acid groups is 2. The van der Waals surface area contributed by atoms with Crippen molar-refractivity contribution in [2.45, 2.75) is 230 Å². The van der Waals surface area contributed by atoms with E-state index in [2.05, 4.69) is 48.8 Å². The highest BCUT2D eigenvalue weighted by Gasteiger charge is 2.54. The van der Waals surface area contributed by atoms with Gasteiger partial charge in [-0.3, -0.25) is 23.2 Å². The van der Waals surface area contributed by atoms with Crippen molar-refractivity contribution in [2.75, 3.05) is 6.61 Å². The third kappa shape index (κ3) is 29.6. The fourth-order valence-electron chi connectivity index (χ4n) is 7.41. The number of allylic oxidation sites excluding steroid dienone is 8. The van der Waals surface area contributed by atoms with Crippen molar-refractivity contribution in [3.05, 3.63) is 48.6 Å². The van der Waals surface area contributed by atoms with E-state index >= 15 is 0 Å². The summed E-state index contributed by atoms with van der Waals surface area (Å²) in [5.74, 6) is -1.62. The fourth-order valence-corrected chi connectivity index (χ4v) is 9.12. The van der Waals surface area contributed by atoms with Gasteiger partial charge in [0.2, 0.25) is 0 Å². The predicted molar refractivity (Wildman–Crippen MR) is 250 cm³/mol. The Morgan fingerprint density at radius 1 is 0.523 bits per heavy atom. The van der Waals surface area contributed by atoms with Gasteiger partial charge in [-0.05, 0) is 51.4 Å². The molecule has 0 aromatic heterocycles. The highest BCUT2D eigenvalue weighted by atomic mass is 31.2. The van der Waals surface area contributed by atoms with Gasteiger partial charge in [-0.25, -0.2) is 9.13 Å². The molecule has 1 fully saturated rings. The molecule has 0 saturated heterocycles. The SMILES string of the molecule is CCCCC/C=C\C/C=C\C/C=C\C/C=C\CCCC(=O)O[C@@H](CO)C(OP(=O)(O)OC1[C@@H](O)[C@H](O)C(OP(=O)(O)O)[C@H](O)[C@@H]1O)C(=O)CCCCCCCCCCCCCCCCC. The van der Waals surface area contributed by atoms with Crippen LogP contribution in [-0.2, 0) is 37.0 Å². The van der Waals surface area contributed by atoms with Crippen molar-refractivity contribution in [1.82, 2.24) is 0 Å². The molecule has 9 atom stereocenters. The van der Waals surface area contributed by atoms with E-state index in [4.69, 9.17) is 23.6 Å². The summed E-state index contributed by atoms with van der Waals surface area (Å²) in [5, 5.41) is 52.2. The van der Waals surface area contributed by atoms with E-state index < -0.39 is 82.8 Å². The zero-order chi connectivity index (χ0) is 48.4. The van der Waals surface area contributed by atoms with E-state index in [0.717, 1.165) is 44.9 Å². The lowest BCUT2D eigenvalue weighted by Crippen LogP contribution is -2.64. The lowest BCUT2D eigenvalue weighted by atomic mass is 9.85. The lowest BCUT2D eigenvalue weighted by Gasteiger charge is -2.43. The minimum absolute atomic E-state index is 0.115. The first-order chi connectivity index (χ1) is 31.1. The Bertz CT molecular complexity index is 1450. The first kappa shape index (κ1) is 61.1. The van der Waals surface area contributed by atoms with Crippen molar-refractivity contribution in [3.8, 4) is 0 Å². The van der Waals surface area contributed by atoms with E-state index in [1.54, 1.807) is 0 Å². The number of carbonyl (C=O) groups is 2. The van der Waals surface area contributed by atoms with Gasteiger partial charge in [-0.2, -0.15) is 0 Å². The maximum Gasteiger partial charge on any atom is 0.473 e. The van der Waals surface area contributed by atoms with Crippen LogP contribution in [0.15, 0.2) is 48.6 Å². The zero-order valence-electron chi connectivity index (χ0n) is 39.1. The summed E-state index contributed by atoms with van der Waals surface area (Å²) in [5.41, 5.74) is 0. The molecule has 0 aliphatic heterocycles. The molecule has 1 saturated carbocycles. The lowest BCUT2D eigenvalue weighted by molar-refractivity contribution is -0.217. The van der Waals surface area contributed by atoms with E-state index in [-0.39, 0.29) is 12.8 Å². The number of ether oxygens (including phenoxy) is 1. The number of Topliss-reactive ketones (excluding diaryl/α,β-unsaturated/α-hetero) is 1. The number of carbonyl (C=O) groups excluding carboxylic acids is 2. The molecule has 0 amide bonds. The van der Waals surface area contributed by atoms with Gasteiger partial charge in [-0.15, -0.1) is 0 Å². The molecule has 0 spiro atoms. The number of ketones is 1. The molecule has 1 aliphatic carbocycles. The molecule has 16 nitrogen and oxygen atoms in total. The van der Waals surface area contributed by atoms with Crippen LogP contribution >= 0.6 is 15.6 Å². The Balaban J connectivity index is 2.78. The molecule has 0 aromatic carbocycles. The molecule has 0 aromatic rings. The molecule has 8 N–H and O–H groups in total. The Hall–Kier alpha value is -1.88. The Kier molecular flexibility index (Phi) is 34.9. The third-order valence-electron chi connectivity index (χ3n) is 11.2. The smallest absolute Gasteiger partial charge is 0.457 e. The number of aliphatic hydroxyl groups is 5. The molecule has 1 rings (SSSR count). The van der Waals surface area contributed by atoms with Crippen LogP contribution in [0.25, 0.3) is 0 Å². The fraction of sp³-hybridized carbons (Fsp3) is 0.787. The number of aliphatic hydroxyl groups excluding tert-OH is 5. The second-order valence-corrected chi connectivity index (χ2v) is 19.5. The summed E-state index contributed by atoms with van der Waals surface area (Å²) in [6.07, 6.45) is 23.2. The van der Waals surface area contributed by atoms with Gasteiger partial charge in [0.15, 0.2) is 18.0 Å². The van der Waals surface area contributed by atoms with Crippen molar-refractivity contribution in [3.63, 3.8) is 0 Å². The molecular weight excluding hydrogens is 882 g/mol. The van der Waals surface area contributed by atoms with Crippen LogP contribution in [0.5, 0.6) is 0 Å². The minimum atomic E-state index is -5.58. The van der Waals surface area contributed by atoms with Crippen LogP contribution in [0.1, 0.15) is 181 Å². The quantitative estimate of drug-likeness (QED) is 0.0124. The van der Waals surface area contributed by atoms with Gasteiger partial charge >= 0.3 is 21.6 Å². The molecule has 4 unspecified atom stereocenters. The first-order valence-electron chi connectivity index (χ1n) is 24.2. The molecule has 0 radical (unpaired) electrons. The standard InChI is InChI=1S/C47H84O16P2/c1-3-5-7-9-11-13-15-17-19-20-22-24-26-28-30-32-34-36-40(50)60-39(37-48)45(38(49)35-33-31-29-27-25-23-21-18-16-14-12-10-8-6-4-2)62-65(58,59)63-47-43(53)41(51)46(42(52)44(47)54)61-64(55,56)57/h11,13,17,19,22,24,28,30,39,41-48,51-54H,3-10,12,14-16,18,20-21,23,25-27,29,31-37H2,1-2H3,(H,58,59)(H2,55,56,57)/b13-11-,19-17-,24-22-,30-28-/t39-,41-,42+,43-,44-,45?,46?,47?/m0/s1. The normalized spacial score (nSPS) is 22.6. The van der Waals surface area contributed by atoms with Crippen molar-refractivity contribution >= 4 is 27.4 Å². The maximum atomic E-state index is 13.6. The largest absolute Gasteiger partial charge is 0.473 e. The maximum absolute atomic E-state index is 13.6. The number of esters is 1. The number of hydrogen-bond donors (Lipinski definition) is 8. The Morgan fingerprint density at radius 2 is 0.908 bits per heavy atom.